The number of nitrogens with one attached hydrogen (secondary N) is 1. The van der Waals surface area contributed by atoms with Gasteiger partial charge in [0.15, 0.2) is 5.52 Å². The molecule has 0 saturated carbocycles. The molecule has 2 aromatic heterocycles. The molecule has 3 aromatic rings. The van der Waals surface area contributed by atoms with Crippen molar-refractivity contribution in [2.45, 2.75) is 58.3 Å². The second-order valence-corrected chi connectivity index (χ2v) is 6.72. The van der Waals surface area contributed by atoms with Crippen molar-refractivity contribution in [2.75, 3.05) is 11.9 Å². The third-order valence-corrected chi connectivity index (χ3v) is 4.65. The largest absolute Gasteiger partial charge is 0.594 e. The first kappa shape index (κ1) is 18.3. The Morgan fingerprint density at radius 3 is 2.54 bits per heavy atom. The standard InChI is InChI=1S/C20H27N5O/c1-2-3-4-5-6-7-8-11-14-21-20-23-19-16-12-9-10-13-17(16)22-15-18(19)25(26)24-20/h9-10,12-13,15H,2-8,11,14H2,1H3,(H,21,23,24). The molecule has 0 bridgehead atoms. The molecule has 0 unspecified atom stereocenters. The second-order valence-electron chi connectivity index (χ2n) is 6.72. The topological polar surface area (TPSA) is 77.6 Å². The van der Waals surface area contributed by atoms with Crippen molar-refractivity contribution in [2.24, 2.45) is 0 Å². The molecule has 26 heavy (non-hydrogen) atoms. The van der Waals surface area contributed by atoms with Crippen molar-refractivity contribution < 1.29 is 4.85 Å². The van der Waals surface area contributed by atoms with Gasteiger partial charge in [-0.2, -0.15) is 0 Å². The first-order valence-electron chi connectivity index (χ1n) is 9.69. The highest BCUT2D eigenvalue weighted by molar-refractivity contribution is 6.00. The number of anilines is 1. The molecule has 0 fully saturated rings. The lowest BCUT2D eigenvalue weighted by Crippen LogP contribution is -2.34. The van der Waals surface area contributed by atoms with Crippen molar-refractivity contribution in [3.8, 4) is 0 Å². The Balaban J connectivity index is 1.56. The molecule has 6 nitrogen and oxygen atoms in total. The number of benzene rings is 1. The first-order chi connectivity index (χ1) is 12.8. The number of aromatic nitrogens is 4. The van der Waals surface area contributed by atoms with Gasteiger partial charge in [-0.3, -0.25) is 0 Å². The summed E-state index contributed by atoms with van der Waals surface area (Å²) in [4.78, 5) is 9.46. The SMILES string of the molecule is CCCCCCCCCCNc1nc2c3ccccc3ncc2[n+]([O-])n1. The summed E-state index contributed by atoms with van der Waals surface area (Å²) >= 11 is 0. The second kappa shape index (κ2) is 9.27. The number of fused-ring (bicyclic) bond motifs is 3. The summed E-state index contributed by atoms with van der Waals surface area (Å²) in [5, 5.41) is 20.2. The summed E-state index contributed by atoms with van der Waals surface area (Å²) in [6.45, 7) is 3.02. The maximum atomic E-state index is 12.2. The van der Waals surface area contributed by atoms with Crippen molar-refractivity contribution >= 4 is 27.9 Å². The van der Waals surface area contributed by atoms with Crippen LogP contribution < -0.4 is 10.2 Å². The van der Waals surface area contributed by atoms with E-state index in [2.05, 4.69) is 27.3 Å². The predicted molar refractivity (Wildman–Crippen MR) is 105 cm³/mol. The van der Waals surface area contributed by atoms with Crippen molar-refractivity contribution in [3.05, 3.63) is 35.7 Å². The average Bonchev–Trinajstić information content (AvgIpc) is 2.66. The van der Waals surface area contributed by atoms with E-state index in [-0.39, 0.29) is 0 Å². The normalized spacial score (nSPS) is 11.3. The Bertz CT molecular complexity index is 852. The van der Waals surface area contributed by atoms with Crippen LogP contribution in [-0.2, 0) is 0 Å². The van der Waals surface area contributed by atoms with Crippen molar-refractivity contribution in [1.29, 1.82) is 0 Å². The zero-order chi connectivity index (χ0) is 18.2. The van der Waals surface area contributed by atoms with Gasteiger partial charge in [-0.05, 0) is 17.3 Å². The van der Waals surface area contributed by atoms with Crippen molar-refractivity contribution in [1.82, 2.24) is 15.1 Å². The van der Waals surface area contributed by atoms with Gasteiger partial charge in [-0.1, -0.05) is 70.1 Å². The molecule has 0 aliphatic carbocycles. The molecular formula is C20H27N5O. The maximum absolute atomic E-state index is 12.2. The van der Waals surface area contributed by atoms with Gasteiger partial charge in [0.25, 0.3) is 11.5 Å². The Labute approximate surface area is 154 Å². The molecular weight excluding hydrogens is 326 g/mol. The van der Waals surface area contributed by atoms with E-state index in [0.29, 0.717) is 21.8 Å². The van der Waals surface area contributed by atoms with Gasteiger partial charge in [-0.15, -0.1) is 0 Å². The van der Waals surface area contributed by atoms with Gasteiger partial charge in [0, 0.05) is 11.9 Å². The van der Waals surface area contributed by atoms with Gasteiger partial charge >= 0.3 is 0 Å². The van der Waals surface area contributed by atoms with Gasteiger partial charge in [0.2, 0.25) is 0 Å². The highest BCUT2D eigenvalue weighted by atomic mass is 16.5. The fourth-order valence-electron chi connectivity index (χ4n) is 3.18. The summed E-state index contributed by atoms with van der Waals surface area (Å²) in [7, 11) is 0. The third kappa shape index (κ3) is 4.56. The molecule has 3 rings (SSSR count). The molecule has 1 aromatic carbocycles. The van der Waals surface area contributed by atoms with E-state index in [1.165, 1.54) is 51.1 Å². The summed E-state index contributed by atoms with van der Waals surface area (Å²) in [5.41, 5.74) is 1.85. The number of para-hydroxylation sites is 1. The predicted octanol–water partition coefficient (Wildman–Crippen LogP) is 4.36. The highest BCUT2D eigenvalue weighted by Gasteiger charge is 2.14. The van der Waals surface area contributed by atoms with Crippen LogP contribution >= 0.6 is 0 Å². The summed E-state index contributed by atoms with van der Waals surface area (Å²) in [6, 6.07) is 7.70. The number of unbranched alkanes of at least 4 members (excludes halogenated alkanes) is 7. The molecule has 0 amide bonds. The monoisotopic (exact) mass is 353 g/mol. The molecule has 6 heteroatoms. The van der Waals surface area contributed by atoms with E-state index in [9.17, 15) is 5.21 Å². The Morgan fingerprint density at radius 1 is 1.00 bits per heavy atom. The zero-order valence-corrected chi connectivity index (χ0v) is 15.4. The van der Waals surface area contributed by atoms with Crippen LogP contribution in [0.3, 0.4) is 0 Å². The quantitative estimate of drug-likeness (QED) is 0.253. The Hall–Kier alpha value is -2.50. The summed E-state index contributed by atoms with van der Waals surface area (Å²) in [6.07, 6.45) is 11.7. The molecule has 2 heterocycles. The summed E-state index contributed by atoms with van der Waals surface area (Å²) in [5.74, 6) is 0.381. The van der Waals surface area contributed by atoms with Crippen LogP contribution in [0.25, 0.3) is 21.9 Å². The van der Waals surface area contributed by atoms with Crippen LogP contribution in [0.1, 0.15) is 58.3 Å². The molecule has 0 spiro atoms. The van der Waals surface area contributed by atoms with E-state index in [4.69, 9.17) is 0 Å². The lowest BCUT2D eigenvalue weighted by Gasteiger charge is -2.06. The Kier molecular flexibility index (Phi) is 6.52. The fraction of sp³-hybridized carbons (Fsp3) is 0.500. The number of hydrogen-bond donors (Lipinski definition) is 1. The number of nitrogens with zero attached hydrogens (tertiary/aromatic N) is 4. The minimum Gasteiger partial charge on any atom is -0.594 e. The lowest BCUT2D eigenvalue weighted by atomic mass is 10.1. The van der Waals surface area contributed by atoms with E-state index < -0.39 is 0 Å². The van der Waals surface area contributed by atoms with Gasteiger partial charge in [-0.25, -0.2) is 9.97 Å². The van der Waals surface area contributed by atoms with Crippen molar-refractivity contribution in [3.63, 3.8) is 0 Å². The van der Waals surface area contributed by atoms with Crippen LogP contribution in [0.2, 0.25) is 0 Å². The maximum Gasteiger partial charge on any atom is 0.290 e. The van der Waals surface area contributed by atoms with Crippen LogP contribution in [0, 0.1) is 5.21 Å². The molecule has 0 atom stereocenters. The van der Waals surface area contributed by atoms with Gasteiger partial charge in [0.1, 0.15) is 6.20 Å². The molecule has 1 N–H and O–H groups in total. The van der Waals surface area contributed by atoms with E-state index in [1.54, 1.807) is 0 Å². The van der Waals surface area contributed by atoms with E-state index in [0.717, 1.165) is 23.9 Å². The van der Waals surface area contributed by atoms with Crippen LogP contribution in [0.15, 0.2) is 30.5 Å². The first-order valence-corrected chi connectivity index (χ1v) is 9.69. The van der Waals surface area contributed by atoms with Gasteiger partial charge < -0.3 is 10.5 Å². The van der Waals surface area contributed by atoms with E-state index in [1.807, 2.05) is 24.3 Å². The average molecular weight is 353 g/mol. The molecule has 138 valence electrons. The lowest BCUT2D eigenvalue weighted by molar-refractivity contribution is -0.641. The number of rotatable bonds is 10. The van der Waals surface area contributed by atoms with E-state index >= 15 is 0 Å². The molecule has 0 saturated heterocycles. The molecule has 0 radical (unpaired) electrons. The smallest absolute Gasteiger partial charge is 0.290 e. The highest BCUT2D eigenvalue weighted by Crippen LogP contribution is 2.19. The van der Waals surface area contributed by atoms with Gasteiger partial charge in [0.05, 0.1) is 10.6 Å². The zero-order valence-electron chi connectivity index (χ0n) is 15.4. The minimum atomic E-state index is 0.381. The summed E-state index contributed by atoms with van der Waals surface area (Å²) < 4.78 is 0. The Morgan fingerprint density at radius 2 is 1.73 bits per heavy atom. The van der Waals surface area contributed by atoms with Crippen LogP contribution in [0.4, 0.5) is 5.95 Å². The van der Waals surface area contributed by atoms with Crippen LogP contribution in [0.5, 0.6) is 0 Å². The fourth-order valence-corrected chi connectivity index (χ4v) is 3.18. The minimum absolute atomic E-state index is 0.381. The number of hydrogen-bond acceptors (Lipinski definition) is 5. The molecule has 0 aliphatic heterocycles. The van der Waals surface area contributed by atoms with Crippen LogP contribution in [-0.4, -0.2) is 21.6 Å². The third-order valence-electron chi connectivity index (χ3n) is 4.65. The molecule has 0 aliphatic rings. The number of pyridine rings is 1.